The highest BCUT2D eigenvalue weighted by Crippen LogP contribution is 2.27. The minimum Gasteiger partial charge on any atom is -0.493 e. The predicted molar refractivity (Wildman–Crippen MR) is 78.9 cm³/mol. The third-order valence-electron chi connectivity index (χ3n) is 3.12. The minimum atomic E-state index is -0.435. The molecule has 0 aliphatic carbocycles. The number of nitrogens with one attached hydrogen (secondary N) is 1. The summed E-state index contributed by atoms with van der Waals surface area (Å²) in [6, 6.07) is 5.11. The highest BCUT2D eigenvalue weighted by Gasteiger charge is 2.12. The number of rotatable bonds is 8. The summed E-state index contributed by atoms with van der Waals surface area (Å²) >= 11 is 0. The fourth-order valence-corrected chi connectivity index (χ4v) is 1.87. The summed E-state index contributed by atoms with van der Waals surface area (Å²) in [6.07, 6.45) is 2.72. The van der Waals surface area contributed by atoms with Gasteiger partial charge in [-0.3, -0.25) is 4.79 Å². The number of ether oxygens (including phenoxy) is 2. The van der Waals surface area contributed by atoms with Gasteiger partial charge in [0, 0.05) is 6.54 Å². The lowest BCUT2D eigenvalue weighted by Gasteiger charge is -2.13. The molecule has 0 heterocycles. The maximum atomic E-state index is 11.8. The molecule has 5 nitrogen and oxygen atoms in total. The lowest BCUT2D eigenvalue weighted by Crippen LogP contribution is -2.40. The van der Waals surface area contributed by atoms with Crippen LogP contribution in [0.25, 0.3) is 0 Å². The van der Waals surface area contributed by atoms with Crippen molar-refractivity contribution in [2.75, 3.05) is 14.2 Å². The first kappa shape index (κ1) is 16.3. The summed E-state index contributed by atoms with van der Waals surface area (Å²) in [7, 11) is 3.17. The standard InChI is InChI=1S/C15H24N2O3/c1-4-5-6-12(16)15(18)17-10-11-7-8-13(19-2)14(9-11)20-3/h7-9,12H,4-6,10,16H2,1-3H3,(H,17,18)/t12-/m0/s1. The Balaban J connectivity index is 2.55. The molecular weight excluding hydrogens is 256 g/mol. The minimum absolute atomic E-state index is 0.117. The molecule has 0 saturated carbocycles. The average molecular weight is 280 g/mol. The van der Waals surface area contributed by atoms with Gasteiger partial charge in [-0.1, -0.05) is 25.8 Å². The molecule has 1 aromatic rings. The largest absolute Gasteiger partial charge is 0.493 e. The molecule has 0 bridgehead atoms. The summed E-state index contributed by atoms with van der Waals surface area (Å²) in [5.74, 6) is 1.20. The fraction of sp³-hybridized carbons (Fsp3) is 0.533. The second kappa shape index (κ2) is 8.43. The first-order chi connectivity index (χ1) is 9.62. The van der Waals surface area contributed by atoms with E-state index < -0.39 is 6.04 Å². The molecule has 0 unspecified atom stereocenters. The van der Waals surface area contributed by atoms with Gasteiger partial charge in [-0.15, -0.1) is 0 Å². The van der Waals surface area contributed by atoms with Crippen LogP contribution in [-0.4, -0.2) is 26.2 Å². The molecule has 3 N–H and O–H groups in total. The van der Waals surface area contributed by atoms with Crippen molar-refractivity contribution in [1.29, 1.82) is 0 Å². The fourth-order valence-electron chi connectivity index (χ4n) is 1.87. The Morgan fingerprint density at radius 1 is 1.30 bits per heavy atom. The number of carbonyl (C=O) groups is 1. The van der Waals surface area contributed by atoms with E-state index in [2.05, 4.69) is 12.2 Å². The van der Waals surface area contributed by atoms with Gasteiger partial charge < -0.3 is 20.5 Å². The van der Waals surface area contributed by atoms with E-state index in [0.717, 1.165) is 18.4 Å². The Morgan fingerprint density at radius 3 is 2.60 bits per heavy atom. The van der Waals surface area contributed by atoms with Crippen molar-refractivity contribution in [2.45, 2.75) is 38.8 Å². The molecule has 0 radical (unpaired) electrons. The van der Waals surface area contributed by atoms with E-state index in [1.54, 1.807) is 14.2 Å². The Labute approximate surface area is 120 Å². The molecule has 5 heteroatoms. The van der Waals surface area contributed by atoms with E-state index in [9.17, 15) is 4.79 Å². The number of carbonyl (C=O) groups excluding carboxylic acids is 1. The van der Waals surface area contributed by atoms with E-state index in [1.165, 1.54) is 0 Å². The molecule has 1 aromatic carbocycles. The Hall–Kier alpha value is -1.75. The maximum Gasteiger partial charge on any atom is 0.237 e. The van der Waals surface area contributed by atoms with Crippen LogP contribution in [0, 0.1) is 0 Å². The number of benzene rings is 1. The highest BCUT2D eigenvalue weighted by molar-refractivity contribution is 5.81. The lowest BCUT2D eigenvalue weighted by atomic mass is 10.1. The molecule has 0 aliphatic rings. The van der Waals surface area contributed by atoms with Crippen molar-refractivity contribution in [3.8, 4) is 11.5 Å². The van der Waals surface area contributed by atoms with Gasteiger partial charge in [-0.2, -0.15) is 0 Å². The summed E-state index contributed by atoms with van der Waals surface area (Å²) in [5.41, 5.74) is 6.76. The van der Waals surface area contributed by atoms with Crippen LogP contribution in [-0.2, 0) is 11.3 Å². The van der Waals surface area contributed by atoms with E-state index in [4.69, 9.17) is 15.2 Å². The van der Waals surface area contributed by atoms with Crippen LogP contribution in [0.1, 0.15) is 31.7 Å². The molecule has 0 fully saturated rings. The van der Waals surface area contributed by atoms with Gasteiger partial charge in [0.25, 0.3) is 0 Å². The monoisotopic (exact) mass is 280 g/mol. The number of unbranched alkanes of at least 4 members (excludes halogenated alkanes) is 1. The van der Waals surface area contributed by atoms with Gasteiger partial charge in [-0.05, 0) is 24.1 Å². The molecule has 1 amide bonds. The van der Waals surface area contributed by atoms with Crippen molar-refractivity contribution in [1.82, 2.24) is 5.32 Å². The van der Waals surface area contributed by atoms with Crippen LogP contribution in [0.2, 0.25) is 0 Å². The van der Waals surface area contributed by atoms with Gasteiger partial charge in [0.15, 0.2) is 11.5 Å². The summed E-state index contributed by atoms with van der Waals surface area (Å²) < 4.78 is 10.4. The number of hydrogen-bond donors (Lipinski definition) is 2. The third-order valence-corrected chi connectivity index (χ3v) is 3.12. The zero-order valence-corrected chi connectivity index (χ0v) is 12.4. The molecule has 0 saturated heterocycles. The van der Waals surface area contributed by atoms with Crippen molar-refractivity contribution in [3.05, 3.63) is 23.8 Å². The summed E-state index contributed by atoms with van der Waals surface area (Å²) in [5, 5.41) is 2.84. The molecule has 1 rings (SSSR count). The number of methoxy groups -OCH3 is 2. The molecule has 0 spiro atoms. The van der Waals surface area contributed by atoms with Crippen LogP contribution in [0.5, 0.6) is 11.5 Å². The van der Waals surface area contributed by atoms with Gasteiger partial charge >= 0.3 is 0 Å². The topological polar surface area (TPSA) is 73.6 Å². The van der Waals surface area contributed by atoms with E-state index in [0.29, 0.717) is 24.5 Å². The SMILES string of the molecule is CCCC[C@H](N)C(=O)NCc1ccc(OC)c(OC)c1. The highest BCUT2D eigenvalue weighted by atomic mass is 16.5. The third kappa shape index (κ3) is 4.74. The van der Waals surface area contributed by atoms with Crippen LogP contribution in [0.4, 0.5) is 0 Å². The smallest absolute Gasteiger partial charge is 0.237 e. The molecule has 0 aliphatic heterocycles. The van der Waals surface area contributed by atoms with Gasteiger partial charge in [0.2, 0.25) is 5.91 Å². The van der Waals surface area contributed by atoms with E-state index in [1.807, 2.05) is 18.2 Å². The second-order valence-corrected chi connectivity index (χ2v) is 4.66. The van der Waals surface area contributed by atoms with Crippen LogP contribution >= 0.6 is 0 Å². The predicted octanol–water partition coefficient (Wildman–Crippen LogP) is 1.84. The van der Waals surface area contributed by atoms with Crippen molar-refractivity contribution < 1.29 is 14.3 Å². The van der Waals surface area contributed by atoms with Gasteiger partial charge in [0.1, 0.15) is 0 Å². The normalized spacial score (nSPS) is 11.8. The molecule has 0 aromatic heterocycles. The van der Waals surface area contributed by atoms with Gasteiger partial charge in [0.05, 0.1) is 20.3 Å². The zero-order chi connectivity index (χ0) is 15.0. The molecule has 112 valence electrons. The Morgan fingerprint density at radius 2 is 2.00 bits per heavy atom. The van der Waals surface area contributed by atoms with Gasteiger partial charge in [-0.25, -0.2) is 0 Å². The molecule has 20 heavy (non-hydrogen) atoms. The van der Waals surface area contributed by atoms with Crippen molar-refractivity contribution in [2.24, 2.45) is 5.73 Å². The van der Waals surface area contributed by atoms with E-state index >= 15 is 0 Å². The number of hydrogen-bond acceptors (Lipinski definition) is 4. The first-order valence-corrected chi connectivity index (χ1v) is 6.86. The van der Waals surface area contributed by atoms with Crippen LogP contribution in [0.3, 0.4) is 0 Å². The average Bonchev–Trinajstić information content (AvgIpc) is 2.49. The van der Waals surface area contributed by atoms with Crippen LogP contribution in [0.15, 0.2) is 18.2 Å². The van der Waals surface area contributed by atoms with Crippen molar-refractivity contribution in [3.63, 3.8) is 0 Å². The summed E-state index contributed by atoms with van der Waals surface area (Å²) in [6.45, 7) is 2.51. The second-order valence-electron chi connectivity index (χ2n) is 4.66. The number of amides is 1. The van der Waals surface area contributed by atoms with E-state index in [-0.39, 0.29) is 5.91 Å². The van der Waals surface area contributed by atoms with Crippen molar-refractivity contribution >= 4 is 5.91 Å². The zero-order valence-electron chi connectivity index (χ0n) is 12.4. The summed E-state index contributed by atoms with van der Waals surface area (Å²) in [4.78, 5) is 11.8. The maximum absolute atomic E-state index is 11.8. The Bertz CT molecular complexity index is 435. The quantitative estimate of drug-likeness (QED) is 0.762. The lowest BCUT2D eigenvalue weighted by molar-refractivity contribution is -0.122. The van der Waals surface area contributed by atoms with Crippen LogP contribution < -0.4 is 20.5 Å². The Kier molecular flexibility index (Phi) is 6.87. The number of nitrogens with two attached hydrogens (primary N) is 1. The molecule has 1 atom stereocenters. The molecular formula is C15H24N2O3. The first-order valence-electron chi connectivity index (χ1n) is 6.86.